The number of aliphatic hydroxyl groups is 1. The summed E-state index contributed by atoms with van der Waals surface area (Å²) in [4.78, 5) is 21.8. The lowest BCUT2D eigenvalue weighted by molar-refractivity contribution is -0.140. The van der Waals surface area contributed by atoms with Crippen molar-refractivity contribution < 1.29 is 15.0 Å². The lowest BCUT2D eigenvalue weighted by atomic mass is 10.1. The molecule has 0 aliphatic carbocycles. The first-order chi connectivity index (χ1) is 9.31. The Kier molecular flexibility index (Phi) is 3.92. The zero-order valence-electron chi connectivity index (χ0n) is 11.8. The van der Waals surface area contributed by atoms with Crippen LogP contribution in [0.3, 0.4) is 0 Å². The quantitative estimate of drug-likeness (QED) is 0.797. The molecule has 0 saturated heterocycles. The predicted octanol–water partition coefficient (Wildman–Crippen LogP) is 1.86. The van der Waals surface area contributed by atoms with Gasteiger partial charge in [0.15, 0.2) is 6.04 Å². The minimum atomic E-state index is -1.12. The number of aliphatic hydroxyl groups excluding tert-OH is 1. The molecular formula is C13H17N3O3S. The lowest BCUT2D eigenvalue weighted by Gasteiger charge is -2.18. The van der Waals surface area contributed by atoms with Gasteiger partial charge in [0.2, 0.25) is 0 Å². The number of aromatic nitrogens is 2. The number of hydrogen-bond acceptors (Lipinski definition) is 6. The molecule has 0 radical (unpaired) electrons. The number of carbonyl (C=O) groups is 1. The van der Waals surface area contributed by atoms with Gasteiger partial charge in [-0.3, -0.25) is 0 Å². The van der Waals surface area contributed by atoms with E-state index in [1.807, 2.05) is 13.8 Å². The summed E-state index contributed by atoms with van der Waals surface area (Å²) in [5, 5.41) is 22.4. The van der Waals surface area contributed by atoms with Gasteiger partial charge in [-0.25, -0.2) is 14.8 Å². The number of anilines is 1. The van der Waals surface area contributed by atoms with E-state index in [4.69, 9.17) is 5.11 Å². The maximum Gasteiger partial charge on any atom is 0.328 e. The van der Waals surface area contributed by atoms with Crippen LogP contribution >= 0.6 is 11.3 Å². The summed E-state index contributed by atoms with van der Waals surface area (Å²) in [6, 6.07) is -1.10. The molecule has 2 aromatic rings. The highest BCUT2D eigenvalue weighted by Gasteiger charge is 2.25. The van der Waals surface area contributed by atoms with E-state index >= 15 is 0 Å². The van der Waals surface area contributed by atoms with Crippen molar-refractivity contribution in [3.05, 3.63) is 16.3 Å². The largest absolute Gasteiger partial charge is 0.480 e. The first-order valence-corrected chi connectivity index (χ1v) is 7.04. The van der Waals surface area contributed by atoms with Gasteiger partial charge in [0, 0.05) is 4.88 Å². The number of fused-ring (bicyclic) bond motifs is 1. The molecule has 6 nitrogen and oxygen atoms in total. The molecule has 0 aromatic carbocycles. The molecule has 0 aliphatic heterocycles. The molecule has 2 heterocycles. The first-order valence-electron chi connectivity index (χ1n) is 6.23. The Balaban J connectivity index is 2.55. The standard InChI is InChI=1S/C13H17N3O3S/c1-5-7(3)20-12-9(5)11(14-8(4)15-12)16-10(6(2)17)13(18)19/h6,10,17H,1-4H3,(H,18,19)(H,14,15,16). The van der Waals surface area contributed by atoms with E-state index in [0.29, 0.717) is 11.6 Å². The third-order valence-electron chi connectivity index (χ3n) is 3.18. The van der Waals surface area contributed by atoms with E-state index in [-0.39, 0.29) is 0 Å². The number of rotatable bonds is 4. The summed E-state index contributed by atoms with van der Waals surface area (Å²) in [6.07, 6.45) is -1.03. The fourth-order valence-corrected chi connectivity index (χ4v) is 3.07. The predicted molar refractivity (Wildman–Crippen MR) is 78.4 cm³/mol. The summed E-state index contributed by atoms with van der Waals surface area (Å²) in [6.45, 7) is 7.14. The van der Waals surface area contributed by atoms with Crippen molar-refractivity contribution in [2.24, 2.45) is 0 Å². The van der Waals surface area contributed by atoms with E-state index in [1.54, 1.807) is 18.3 Å². The minimum Gasteiger partial charge on any atom is -0.480 e. The first kappa shape index (κ1) is 14.7. The van der Waals surface area contributed by atoms with Crippen LogP contribution in [0, 0.1) is 20.8 Å². The fraction of sp³-hybridized carbons (Fsp3) is 0.462. The summed E-state index contributed by atoms with van der Waals surface area (Å²) < 4.78 is 0. The van der Waals surface area contributed by atoms with Gasteiger partial charge in [0.1, 0.15) is 16.5 Å². The fourth-order valence-electron chi connectivity index (χ4n) is 2.00. The van der Waals surface area contributed by atoms with Crippen LogP contribution in [-0.2, 0) is 4.79 Å². The van der Waals surface area contributed by atoms with Gasteiger partial charge in [-0.2, -0.15) is 0 Å². The van der Waals surface area contributed by atoms with Crippen molar-refractivity contribution in [2.45, 2.75) is 39.8 Å². The number of nitrogens with zero attached hydrogens (tertiary/aromatic N) is 2. The number of thiophene rings is 1. The normalized spacial score (nSPS) is 14.2. The van der Waals surface area contributed by atoms with Crippen molar-refractivity contribution in [1.29, 1.82) is 0 Å². The Labute approximate surface area is 120 Å². The Morgan fingerprint density at radius 1 is 1.30 bits per heavy atom. The van der Waals surface area contributed by atoms with Gasteiger partial charge in [-0.15, -0.1) is 11.3 Å². The summed E-state index contributed by atoms with van der Waals surface area (Å²) in [7, 11) is 0. The number of aliphatic carboxylic acids is 1. The van der Waals surface area contributed by atoms with Crippen LogP contribution in [0.2, 0.25) is 0 Å². The number of carboxylic acids is 1. The van der Waals surface area contributed by atoms with Crippen LogP contribution in [0.1, 0.15) is 23.2 Å². The molecule has 20 heavy (non-hydrogen) atoms. The summed E-state index contributed by atoms with van der Waals surface area (Å²) in [5.74, 6) is -0.0901. The van der Waals surface area contributed by atoms with Crippen LogP contribution in [0.5, 0.6) is 0 Å². The van der Waals surface area contributed by atoms with Crippen molar-refractivity contribution in [3.63, 3.8) is 0 Å². The average molecular weight is 295 g/mol. The Morgan fingerprint density at radius 3 is 2.50 bits per heavy atom. The zero-order chi connectivity index (χ0) is 15.0. The minimum absolute atomic E-state index is 0.461. The number of nitrogens with one attached hydrogen (secondary N) is 1. The van der Waals surface area contributed by atoms with Gasteiger partial charge < -0.3 is 15.5 Å². The van der Waals surface area contributed by atoms with E-state index in [2.05, 4.69) is 15.3 Å². The van der Waals surface area contributed by atoms with Gasteiger partial charge in [-0.05, 0) is 33.3 Å². The highest BCUT2D eigenvalue weighted by Crippen LogP contribution is 2.33. The van der Waals surface area contributed by atoms with Crippen LogP contribution in [0.4, 0.5) is 5.82 Å². The van der Waals surface area contributed by atoms with Crippen LogP contribution < -0.4 is 5.32 Å². The molecule has 0 spiro atoms. The number of hydrogen-bond donors (Lipinski definition) is 3. The molecule has 3 N–H and O–H groups in total. The third kappa shape index (κ3) is 2.59. The number of aryl methyl sites for hydroxylation is 3. The molecule has 0 amide bonds. The van der Waals surface area contributed by atoms with E-state index in [9.17, 15) is 9.90 Å². The molecule has 0 fully saturated rings. The second-order valence-electron chi connectivity index (χ2n) is 4.78. The zero-order valence-corrected chi connectivity index (χ0v) is 12.6. The Morgan fingerprint density at radius 2 is 1.95 bits per heavy atom. The van der Waals surface area contributed by atoms with E-state index in [1.165, 1.54) is 6.92 Å². The van der Waals surface area contributed by atoms with Crippen molar-refractivity contribution in [1.82, 2.24) is 9.97 Å². The molecule has 7 heteroatoms. The van der Waals surface area contributed by atoms with Gasteiger partial charge in [-0.1, -0.05) is 0 Å². The smallest absolute Gasteiger partial charge is 0.328 e. The van der Waals surface area contributed by atoms with Crippen LogP contribution in [0.25, 0.3) is 10.2 Å². The molecule has 2 unspecified atom stereocenters. The highest BCUT2D eigenvalue weighted by atomic mass is 32.1. The maximum absolute atomic E-state index is 11.2. The van der Waals surface area contributed by atoms with Crippen molar-refractivity contribution in [2.75, 3.05) is 5.32 Å². The van der Waals surface area contributed by atoms with Gasteiger partial charge in [0.25, 0.3) is 0 Å². The molecule has 0 aliphatic rings. The average Bonchev–Trinajstić information content (AvgIpc) is 2.60. The molecule has 2 aromatic heterocycles. The highest BCUT2D eigenvalue weighted by molar-refractivity contribution is 7.18. The van der Waals surface area contributed by atoms with Crippen molar-refractivity contribution >= 4 is 33.3 Å². The van der Waals surface area contributed by atoms with Gasteiger partial charge in [0.05, 0.1) is 11.5 Å². The van der Waals surface area contributed by atoms with Crippen LogP contribution in [0.15, 0.2) is 0 Å². The van der Waals surface area contributed by atoms with Gasteiger partial charge >= 0.3 is 5.97 Å². The monoisotopic (exact) mass is 295 g/mol. The number of carboxylic acid groups (broad SMARTS) is 1. The third-order valence-corrected chi connectivity index (χ3v) is 4.28. The lowest BCUT2D eigenvalue weighted by Crippen LogP contribution is -2.39. The summed E-state index contributed by atoms with van der Waals surface area (Å²) >= 11 is 1.55. The summed E-state index contributed by atoms with van der Waals surface area (Å²) in [5.41, 5.74) is 1.03. The molecule has 0 saturated carbocycles. The maximum atomic E-state index is 11.2. The molecular weight excluding hydrogens is 278 g/mol. The molecule has 108 valence electrons. The molecule has 2 rings (SSSR count). The topological polar surface area (TPSA) is 95.3 Å². The second-order valence-corrected chi connectivity index (χ2v) is 5.99. The molecule has 2 atom stereocenters. The van der Waals surface area contributed by atoms with Crippen molar-refractivity contribution in [3.8, 4) is 0 Å². The Bertz CT molecular complexity index is 666. The second kappa shape index (κ2) is 5.34. The SMILES string of the molecule is Cc1nc(NC(C(=O)O)C(C)O)c2c(C)c(C)sc2n1. The van der Waals surface area contributed by atoms with E-state index < -0.39 is 18.1 Å². The van der Waals surface area contributed by atoms with E-state index in [0.717, 1.165) is 20.7 Å². The Hall–Kier alpha value is -1.73. The molecule has 0 bridgehead atoms. The van der Waals surface area contributed by atoms with Crippen LogP contribution in [-0.4, -0.2) is 38.3 Å².